The molecular weight excluding hydrogens is 262 g/mol. The van der Waals surface area contributed by atoms with Crippen LogP contribution in [0, 0.1) is 18.3 Å². The van der Waals surface area contributed by atoms with Crippen molar-refractivity contribution in [3.63, 3.8) is 0 Å². The third-order valence-electron chi connectivity index (χ3n) is 3.10. The van der Waals surface area contributed by atoms with Crippen LogP contribution >= 0.6 is 23.1 Å². The third-order valence-corrected chi connectivity index (χ3v) is 5.26. The summed E-state index contributed by atoms with van der Waals surface area (Å²) in [5.41, 5.74) is 1.47. The Balaban J connectivity index is 2.08. The lowest BCUT2D eigenvalue weighted by atomic mass is 10.2. The van der Waals surface area contributed by atoms with Crippen LogP contribution in [0.1, 0.15) is 29.1 Å². The van der Waals surface area contributed by atoms with Gasteiger partial charge in [0, 0.05) is 22.4 Å². The fraction of sp³-hybridized carbons (Fsp3) is 0.462. The summed E-state index contributed by atoms with van der Waals surface area (Å²) in [5, 5.41) is 11.0. The molecule has 0 aliphatic heterocycles. The number of nitriles is 1. The van der Waals surface area contributed by atoms with Crippen molar-refractivity contribution >= 4 is 33.3 Å². The molecule has 0 N–H and O–H groups in total. The SMILES string of the molecule is Cc1nc(SCCC#N)c2c3c(sc2n1)CCC3. The smallest absolute Gasteiger partial charge is 0.128 e. The van der Waals surface area contributed by atoms with E-state index in [1.807, 2.05) is 18.3 Å². The summed E-state index contributed by atoms with van der Waals surface area (Å²) >= 11 is 3.52. The quantitative estimate of drug-likeness (QED) is 0.489. The summed E-state index contributed by atoms with van der Waals surface area (Å²) in [5.74, 6) is 1.65. The van der Waals surface area contributed by atoms with E-state index in [4.69, 9.17) is 5.26 Å². The Labute approximate surface area is 114 Å². The first kappa shape index (κ1) is 11.9. The predicted octanol–water partition coefficient (Wildman–Crippen LogP) is 3.49. The lowest BCUT2D eigenvalue weighted by molar-refractivity contribution is 0.914. The van der Waals surface area contributed by atoms with Gasteiger partial charge in [-0.25, -0.2) is 9.97 Å². The van der Waals surface area contributed by atoms with Crippen LogP contribution in [0.5, 0.6) is 0 Å². The Bertz CT molecular complexity index is 640. The summed E-state index contributed by atoms with van der Waals surface area (Å²) in [6, 6.07) is 2.19. The standard InChI is InChI=1S/C13H13N3S2/c1-8-15-12(17-7-3-6-14)11-9-4-2-5-10(9)18-13(11)16-8/h2-5,7H2,1H3. The molecular formula is C13H13N3S2. The monoisotopic (exact) mass is 275 g/mol. The zero-order valence-electron chi connectivity index (χ0n) is 10.2. The van der Waals surface area contributed by atoms with Crippen molar-refractivity contribution in [1.82, 2.24) is 9.97 Å². The average Bonchev–Trinajstić information content (AvgIpc) is 2.88. The second-order valence-electron chi connectivity index (χ2n) is 4.37. The summed E-state index contributed by atoms with van der Waals surface area (Å²) in [6.07, 6.45) is 4.18. The van der Waals surface area contributed by atoms with Crippen LogP contribution in [0.25, 0.3) is 10.2 Å². The third kappa shape index (κ3) is 2.00. The van der Waals surface area contributed by atoms with Crippen molar-refractivity contribution < 1.29 is 0 Å². The van der Waals surface area contributed by atoms with E-state index in [0.717, 1.165) is 27.9 Å². The van der Waals surface area contributed by atoms with Gasteiger partial charge in [0.15, 0.2) is 0 Å². The summed E-state index contributed by atoms with van der Waals surface area (Å²) in [7, 11) is 0. The van der Waals surface area contributed by atoms with Gasteiger partial charge < -0.3 is 0 Å². The van der Waals surface area contributed by atoms with E-state index in [1.165, 1.54) is 28.7 Å². The van der Waals surface area contributed by atoms with Gasteiger partial charge in [0.1, 0.15) is 15.7 Å². The molecule has 0 fully saturated rings. The largest absolute Gasteiger partial charge is 0.226 e. The van der Waals surface area contributed by atoms with Crippen molar-refractivity contribution in [2.75, 3.05) is 5.75 Å². The van der Waals surface area contributed by atoms with Crippen molar-refractivity contribution in [2.24, 2.45) is 0 Å². The Kier molecular flexibility index (Phi) is 3.23. The number of fused-ring (bicyclic) bond motifs is 3. The first-order chi connectivity index (χ1) is 8.79. The highest BCUT2D eigenvalue weighted by atomic mass is 32.2. The predicted molar refractivity (Wildman–Crippen MR) is 75.1 cm³/mol. The molecule has 92 valence electrons. The molecule has 3 rings (SSSR count). The number of thioether (sulfide) groups is 1. The van der Waals surface area contributed by atoms with Gasteiger partial charge in [-0.05, 0) is 31.7 Å². The Hall–Kier alpha value is -1.12. The fourth-order valence-corrected chi connectivity index (χ4v) is 4.68. The topological polar surface area (TPSA) is 49.6 Å². The van der Waals surface area contributed by atoms with Crippen molar-refractivity contribution in [3.8, 4) is 6.07 Å². The molecule has 0 bridgehead atoms. The molecule has 2 aromatic heterocycles. The molecule has 2 aromatic rings. The second kappa shape index (κ2) is 4.87. The minimum atomic E-state index is 0.571. The zero-order valence-corrected chi connectivity index (χ0v) is 11.8. The van der Waals surface area contributed by atoms with Crippen LogP contribution in [0.3, 0.4) is 0 Å². The van der Waals surface area contributed by atoms with E-state index in [9.17, 15) is 0 Å². The number of nitrogens with zero attached hydrogens (tertiary/aromatic N) is 3. The van der Waals surface area contributed by atoms with Gasteiger partial charge in [0.05, 0.1) is 6.07 Å². The number of rotatable bonds is 3. The van der Waals surface area contributed by atoms with Gasteiger partial charge in [-0.1, -0.05) is 0 Å². The Morgan fingerprint density at radius 3 is 3.11 bits per heavy atom. The van der Waals surface area contributed by atoms with Gasteiger partial charge in [-0.15, -0.1) is 23.1 Å². The summed E-state index contributed by atoms with van der Waals surface area (Å²) in [4.78, 5) is 11.8. The first-order valence-corrected chi connectivity index (χ1v) is 7.88. The van der Waals surface area contributed by atoms with Gasteiger partial charge in [0.2, 0.25) is 0 Å². The van der Waals surface area contributed by atoms with Gasteiger partial charge >= 0.3 is 0 Å². The fourth-order valence-electron chi connectivity index (χ4n) is 2.36. The van der Waals surface area contributed by atoms with Crippen LogP contribution in [0.15, 0.2) is 5.03 Å². The molecule has 18 heavy (non-hydrogen) atoms. The number of aryl methyl sites for hydroxylation is 3. The van der Waals surface area contributed by atoms with Gasteiger partial charge in [0.25, 0.3) is 0 Å². The lowest BCUT2D eigenvalue weighted by Gasteiger charge is -2.04. The van der Waals surface area contributed by atoms with Gasteiger partial charge in [-0.2, -0.15) is 5.26 Å². The maximum Gasteiger partial charge on any atom is 0.128 e. The van der Waals surface area contributed by atoms with E-state index < -0.39 is 0 Å². The maximum absolute atomic E-state index is 8.63. The normalized spacial score (nSPS) is 13.8. The molecule has 0 aromatic carbocycles. The molecule has 0 saturated carbocycles. The second-order valence-corrected chi connectivity index (χ2v) is 6.54. The van der Waals surface area contributed by atoms with Crippen molar-refractivity contribution in [2.45, 2.75) is 37.6 Å². The molecule has 0 radical (unpaired) electrons. The maximum atomic E-state index is 8.63. The number of thiophene rings is 1. The molecule has 0 unspecified atom stereocenters. The summed E-state index contributed by atoms with van der Waals surface area (Å²) in [6.45, 7) is 1.94. The Morgan fingerprint density at radius 2 is 2.28 bits per heavy atom. The molecule has 3 nitrogen and oxygen atoms in total. The highest BCUT2D eigenvalue weighted by molar-refractivity contribution is 7.99. The van der Waals surface area contributed by atoms with E-state index in [2.05, 4.69) is 16.0 Å². The highest BCUT2D eigenvalue weighted by Gasteiger charge is 2.21. The summed E-state index contributed by atoms with van der Waals surface area (Å²) < 4.78 is 0. The van der Waals surface area contributed by atoms with Crippen LogP contribution < -0.4 is 0 Å². The molecule has 2 heterocycles. The molecule has 5 heteroatoms. The Morgan fingerprint density at radius 1 is 1.39 bits per heavy atom. The number of hydrogen-bond acceptors (Lipinski definition) is 5. The molecule has 0 atom stereocenters. The molecule has 0 amide bonds. The van der Waals surface area contributed by atoms with Crippen LogP contribution in [0.2, 0.25) is 0 Å². The van der Waals surface area contributed by atoms with Gasteiger partial charge in [-0.3, -0.25) is 0 Å². The van der Waals surface area contributed by atoms with Crippen LogP contribution in [0.4, 0.5) is 0 Å². The van der Waals surface area contributed by atoms with Crippen LogP contribution in [-0.2, 0) is 12.8 Å². The molecule has 1 aliphatic carbocycles. The van der Waals surface area contributed by atoms with E-state index in [0.29, 0.717) is 6.42 Å². The highest BCUT2D eigenvalue weighted by Crippen LogP contribution is 2.40. The minimum absolute atomic E-state index is 0.571. The van der Waals surface area contributed by atoms with E-state index in [-0.39, 0.29) is 0 Å². The lowest BCUT2D eigenvalue weighted by Crippen LogP contribution is -1.92. The van der Waals surface area contributed by atoms with E-state index >= 15 is 0 Å². The number of hydrogen-bond donors (Lipinski definition) is 0. The molecule has 1 aliphatic rings. The zero-order chi connectivity index (χ0) is 12.5. The first-order valence-electron chi connectivity index (χ1n) is 6.08. The van der Waals surface area contributed by atoms with Crippen LogP contribution in [-0.4, -0.2) is 15.7 Å². The molecule has 0 spiro atoms. The number of aromatic nitrogens is 2. The van der Waals surface area contributed by atoms with Crippen molar-refractivity contribution in [1.29, 1.82) is 5.26 Å². The minimum Gasteiger partial charge on any atom is -0.226 e. The van der Waals surface area contributed by atoms with Crippen molar-refractivity contribution in [3.05, 3.63) is 16.3 Å². The molecule has 0 saturated heterocycles. The van der Waals surface area contributed by atoms with E-state index in [1.54, 1.807) is 11.8 Å². The average molecular weight is 275 g/mol.